The van der Waals surface area contributed by atoms with Crippen molar-refractivity contribution < 1.29 is 23.1 Å². The summed E-state index contributed by atoms with van der Waals surface area (Å²) in [5.74, 6) is -2.26. The van der Waals surface area contributed by atoms with Crippen LogP contribution in [0.2, 0.25) is 0 Å². The van der Waals surface area contributed by atoms with E-state index in [0.29, 0.717) is 5.82 Å². The van der Waals surface area contributed by atoms with Crippen LogP contribution in [0.4, 0.5) is 19.0 Å². The van der Waals surface area contributed by atoms with Crippen molar-refractivity contribution in [3.05, 3.63) is 30.0 Å². The van der Waals surface area contributed by atoms with Gasteiger partial charge in [-0.15, -0.1) is 5.10 Å². The van der Waals surface area contributed by atoms with Gasteiger partial charge in [0.15, 0.2) is 5.82 Å². The number of nitrogen functional groups attached to an aromatic ring is 1. The number of nitrogens with zero attached hydrogens (tertiary/aromatic N) is 2. The lowest BCUT2D eigenvalue weighted by Gasteiger charge is -2.01. The van der Waals surface area contributed by atoms with E-state index >= 15 is 0 Å². The molecule has 0 radical (unpaired) electrons. The summed E-state index contributed by atoms with van der Waals surface area (Å²) in [5, 5.41) is 16.9. The van der Waals surface area contributed by atoms with Crippen molar-refractivity contribution in [3.63, 3.8) is 0 Å². The molecule has 0 aliphatic rings. The SMILES string of the molecule is Cc1nnc(N)c2ccccc12.O=C(O)C(F)(F)F. The Morgan fingerprint density at radius 3 is 2.11 bits per heavy atom. The predicted octanol–water partition coefficient (Wildman–Crippen LogP) is 2.15. The van der Waals surface area contributed by atoms with Gasteiger partial charge in [-0.2, -0.15) is 18.3 Å². The molecule has 0 bridgehead atoms. The zero-order chi connectivity index (χ0) is 14.6. The van der Waals surface area contributed by atoms with Crippen LogP contribution >= 0.6 is 0 Å². The molecule has 0 atom stereocenters. The number of aliphatic carboxylic acids is 1. The van der Waals surface area contributed by atoms with Gasteiger partial charge < -0.3 is 10.8 Å². The van der Waals surface area contributed by atoms with Crippen molar-refractivity contribution in [2.75, 3.05) is 5.73 Å². The molecule has 0 aliphatic heterocycles. The van der Waals surface area contributed by atoms with Crippen LogP contribution in [0.1, 0.15) is 5.69 Å². The van der Waals surface area contributed by atoms with Crippen LogP contribution < -0.4 is 5.73 Å². The van der Waals surface area contributed by atoms with Crippen LogP contribution in [0.25, 0.3) is 10.8 Å². The van der Waals surface area contributed by atoms with E-state index in [0.717, 1.165) is 16.5 Å². The molecule has 0 unspecified atom stereocenters. The van der Waals surface area contributed by atoms with E-state index in [1.54, 1.807) is 0 Å². The lowest BCUT2D eigenvalue weighted by Crippen LogP contribution is -2.21. The maximum Gasteiger partial charge on any atom is 0.490 e. The number of anilines is 1. The number of hydrogen-bond donors (Lipinski definition) is 2. The van der Waals surface area contributed by atoms with E-state index in [1.165, 1.54) is 0 Å². The van der Waals surface area contributed by atoms with Gasteiger partial charge in [-0.25, -0.2) is 4.79 Å². The molecule has 0 saturated carbocycles. The fourth-order valence-electron chi connectivity index (χ4n) is 1.26. The third-order valence-corrected chi connectivity index (χ3v) is 2.14. The number of rotatable bonds is 0. The van der Waals surface area contributed by atoms with Crippen molar-refractivity contribution in [1.82, 2.24) is 10.2 Å². The second-order valence-electron chi connectivity index (χ2n) is 3.52. The monoisotopic (exact) mass is 273 g/mol. The Hall–Kier alpha value is -2.38. The van der Waals surface area contributed by atoms with E-state index in [2.05, 4.69) is 10.2 Å². The molecule has 3 N–H and O–H groups in total. The smallest absolute Gasteiger partial charge is 0.475 e. The third kappa shape index (κ3) is 3.80. The van der Waals surface area contributed by atoms with Gasteiger partial charge >= 0.3 is 12.1 Å². The molecule has 0 saturated heterocycles. The summed E-state index contributed by atoms with van der Waals surface area (Å²) in [5.41, 5.74) is 6.57. The fraction of sp³-hybridized carbons (Fsp3) is 0.182. The molecule has 8 heteroatoms. The first-order valence-corrected chi connectivity index (χ1v) is 5.01. The minimum absolute atomic E-state index is 0.496. The van der Waals surface area contributed by atoms with Crippen LogP contribution in [0, 0.1) is 6.92 Å². The summed E-state index contributed by atoms with van der Waals surface area (Å²) in [4.78, 5) is 8.90. The lowest BCUT2D eigenvalue weighted by atomic mass is 10.1. The Morgan fingerprint density at radius 1 is 1.21 bits per heavy atom. The summed E-state index contributed by atoms with van der Waals surface area (Å²) in [7, 11) is 0. The van der Waals surface area contributed by atoms with Crippen LogP contribution in [-0.4, -0.2) is 27.4 Å². The third-order valence-electron chi connectivity index (χ3n) is 2.14. The first-order chi connectivity index (χ1) is 8.73. The van der Waals surface area contributed by atoms with E-state index in [1.807, 2.05) is 31.2 Å². The first-order valence-electron chi connectivity index (χ1n) is 5.01. The molecule has 1 aromatic carbocycles. The highest BCUT2D eigenvalue weighted by Crippen LogP contribution is 2.19. The Bertz CT molecular complexity index is 559. The maximum atomic E-state index is 10.6. The highest BCUT2D eigenvalue weighted by atomic mass is 19.4. The molecule has 102 valence electrons. The topological polar surface area (TPSA) is 89.1 Å². The summed E-state index contributed by atoms with van der Waals surface area (Å²) in [6.07, 6.45) is -5.08. The highest BCUT2D eigenvalue weighted by molar-refractivity contribution is 5.91. The Balaban J connectivity index is 0.000000224. The van der Waals surface area contributed by atoms with E-state index in [-0.39, 0.29) is 0 Å². The molecule has 2 aromatic rings. The first kappa shape index (κ1) is 14.7. The average molecular weight is 273 g/mol. The van der Waals surface area contributed by atoms with Crippen LogP contribution in [0.5, 0.6) is 0 Å². The van der Waals surface area contributed by atoms with Gasteiger partial charge in [-0.05, 0) is 6.92 Å². The number of benzene rings is 1. The number of carbonyl (C=O) groups is 1. The number of carboxylic acid groups (broad SMARTS) is 1. The van der Waals surface area contributed by atoms with Gasteiger partial charge in [-0.1, -0.05) is 24.3 Å². The Kier molecular flexibility index (Phi) is 4.26. The zero-order valence-corrected chi connectivity index (χ0v) is 9.77. The summed E-state index contributed by atoms with van der Waals surface area (Å²) in [6.45, 7) is 1.93. The number of alkyl halides is 3. The number of aromatic nitrogens is 2. The van der Waals surface area contributed by atoms with Crippen LogP contribution in [0.15, 0.2) is 24.3 Å². The number of aryl methyl sites for hydroxylation is 1. The van der Waals surface area contributed by atoms with Crippen LogP contribution in [-0.2, 0) is 4.79 Å². The lowest BCUT2D eigenvalue weighted by molar-refractivity contribution is -0.192. The number of hydrogen-bond acceptors (Lipinski definition) is 4. The molecule has 5 nitrogen and oxygen atoms in total. The van der Waals surface area contributed by atoms with Crippen molar-refractivity contribution in [1.29, 1.82) is 0 Å². The van der Waals surface area contributed by atoms with E-state index < -0.39 is 12.1 Å². The Labute approximate surface area is 105 Å². The van der Waals surface area contributed by atoms with Gasteiger partial charge in [0.05, 0.1) is 5.69 Å². The number of carboxylic acids is 1. The highest BCUT2D eigenvalue weighted by Gasteiger charge is 2.38. The summed E-state index contributed by atoms with van der Waals surface area (Å²) >= 11 is 0. The van der Waals surface area contributed by atoms with Gasteiger partial charge in [0.2, 0.25) is 0 Å². The normalized spacial score (nSPS) is 10.7. The van der Waals surface area contributed by atoms with Gasteiger partial charge in [0.1, 0.15) is 0 Å². The van der Waals surface area contributed by atoms with Gasteiger partial charge in [0.25, 0.3) is 0 Å². The fourth-order valence-corrected chi connectivity index (χ4v) is 1.26. The van der Waals surface area contributed by atoms with E-state index in [4.69, 9.17) is 15.6 Å². The molecule has 1 heterocycles. The second kappa shape index (κ2) is 5.51. The standard InChI is InChI=1S/C9H9N3.C2HF3O2/c1-6-7-4-2-3-5-8(7)9(10)12-11-6;3-2(4,5)1(6)7/h2-5H,1H3,(H2,10,12);(H,6,7). The van der Waals surface area contributed by atoms with Crippen molar-refractivity contribution in [3.8, 4) is 0 Å². The quantitative estimate of drug-likeness (QED) is 0.767. The molecule has 0 aliphatic carbocycles. The summed E-state index contributed by atoms with van der Waals surface area (Å²) < 4.78 is 31.7. The van der Waals surface area contributed by atoms with E-state index in [9.17, 15) is 13.2 Å². The minimum atomic E-state index is -5.08. The average Bonchev–Trinajstić information content (AvgIpc) is 2.34. The molecule has 19 heavy (non-hydrogen) atoms. The molecule has 2 rings (SSSR count). The molecular formula is C11H10F3N3O2. The zero-order valence-electron chi connectivity index (χ0n) is 9.77. The minimum Gasteiger partial charge on any atom is -0.475 e. The Morgan fingerprint density at radius 2 is 1.68 bits per heavy atom. The molecule has 0 fully saturated rings. The molecule has 1 aromatic heterocycles. The summed E-state index contributed by atoms with van der Waals surface area (Å²) in [6, 6.07) is 7.86. The van der Waals surface area contributed by atoms with Crippen molar-refractivity contribution in [2.24, 2.45) is 0 Å². The second-order valence-corrected chi connectivity index (χ2v) is 3.52. The van der Waals surface area contributed by atoms with Gasteiger partial charge in [-0.3, -0.25) is 0 Å². The molecule has 0 spiro atoms. The predicted molar refractivity (Wildman–Crippen MR) is 62.4 cm³/mol. The number of nitrogens with two attached hydrogens (primary N) is 1. The van der Waals surface area contributed by atoms with Crippen molar-refractivity contribution >= 4 is 22.6 Å². The van der Waals surface area contributed by atoms with Crippen molar-refractivity contribution in [2.45, 2.75) is 13.1 Å². The largest absolute Gasteiger partial charge is 0.490 e. The number of fused-ring (bicyclic) bond motifs is 1. The van der Waals surface area contributed by atoms with Gasteiger partial charge in [0, 0.05) is 10.8 Å². The maximum absolute atomic E-state index is 10.6. The molecule has 0 amide bonds. The van der Waals surface area contributed by atoms with Crippen LogP contribution in [0.3, 0.4) is 0 Å². The molecular weight excluding hydrogens is 263 g/mol. The number of halogens is 3.